The van der Waals surface area contributed by atoms with Crippen molar-refractivity contribution >= 4 is 0 Å². The molecule has 20 heavy (non-hydrogen) atoms. The molecule has 1 aromatic carbocycles. The van der Waals surface area contributed by atoms with E-state index in [-0.39, 0.29) is 0 Å². The van der Waals surface area contributed by atoms with Crippen molar-refractivity contribution in [1.82, 2.24) is 5.32 Å². The molecule has 1 heterocycles. The van der Waals surface area contributed by atoms with Crippen LogP contribution in [-0.2, 0) is 4.74 Å². The lowest BCUT2D eigenvalue weighted by molar-refractivity contribution is 0.0769. The number of methoxy groups -OCH3 is 2. The van der Waals surface area contributed by atoms with Gasteiger partial charge in [0.15, 0.2) is 11.5 Å². The van der Waals surface area contributed by atoms with E-state index in [1.807, 2.05) is 18.2 Å². The highest BCUT2D eigenvalue weighted by Crippen LogP contribution is 2.36. The molecular weight excluding hydrogens is 258 g/mol. The second-order valence-corrected chi connectivity index (χ2v) is 4.68. The Morgan fingerprint density at radius 1 is 1.15 bits per heavy atom. The fraction of sp³-hybridized carbons (Fsp3) is 0.600. The first-order chi connectivity index (χ1) is 9.85. The van der Waals surface area contributed by atoms with Gasteiger partial charge in [0.2, 0.25) is 5.75 Å². The molecule has 0 amide bonds. The number of rotatable bonds is 7. The molecule has 5 nitrogen and oxygen atoms in total. The summed E-state index contributed by atoms with van der Waals surface area (Å²) in [7, 11) is 3.25. The summed E-state index contributed by atoms with van der Waals surface area (Å²) in [6.45, 7) is 3.07. The summed E-state index contributed by atoms with van der Waals surface area (Å²) >= 11 is 0. The Labute approximate surface area is 120 Å². The summed E-state index contributed by atoms with van der Waals surface area (Å²) in [5.74, 6) is 2.04. The van der Waals surface area contributed by atoms with E-state index in [1.54, 1.807) is 14.2 Å². The molecule has 1 aliphatic heterocycles. The van der Waals surface area contributed by atoms with Gasteiger partial charge in [-0.15, -0.1) is 0 Å². The van der Waals surface area contributed by atoms with Gasteiger partial charge < -0.3 is 24.3 Å². The summed E-state index contributed by atoms with van der Waals surface area (Å²) in [6, 6.07) is 6.14. The topological polar surface area (TPSA) is 49.0 Å². The molecule has 1 fully saturated rings. The van der Waals surface area contributed by atoms with E-state index in [2.05, 4.69) is 5.32 Å². The minimum Gasteiger partial charge on any atom is -0.493 e. The van der Waals surface area contributed by atoms with Crippen molar-refractivity contribution in [3.8, 4) is 17.2 Å². The van der Waals surface area contributed by atoms with Gasteiger partial charge in [0, 0.05) is 25.8 Å². The average molecular weight is 281 g/mol. The Morgan fingerprint density at radius 2 is 1.80 bits per heavy atom. The number of para-hydroxylation sites is 1. The molecule has 1 saturated heterocycles. The van der Waals surface area contributed by atoms with Gasteiger partial charge in [0.05, 0.1) is 14.2 Å². The largest absolute Gasteiger partial charge is 0.493 e. The Bertz CT molecular complexity index is 383. The summed E-state index contributed by atoms with van der Waals surface area (Å²) in [6.07, 6.45) is 2.13. The minimum atomic E-state index is 0.534. The third kappa shape index (κ3) is 4.02. The lowest BCUT2D eigenvalue weighted by atomic mass is 10.1. The first kappa shape index (κ1) is 14.9. The van der Waals surface area contributed by atoms with Crippen molar-refractivity contribution < 1.29 is 18.9 Å². The normalized spacial score (nSPS) is 15.9. The van der Waals surface area contributed by atoms with Crippen LogP contribution in [-0.4, -0.2) is 46.6 Å². The fourth-order valence-corrected chi connectivity index (χ4v) is 2.28. The van der Waals surface area contributed by atoms with E-state index in [9.17, 15) is 0 Å². The minimum absolute atomic E-state index is 0.534. The monoisotopic (exact) mass is 281 g/mol. The maximum Gasteiger partial charge on any atom is 0.203 e. The van der Waals surface area contributed by atoms with Gasteiger partial charge in [0.1, 0.15) is 6.61 Å². The fourth-order valence-electron chi connectivity index (χ4n) is 2.28. The van der Waals surface area contributed by atoms with Crippen molar-refractivity contribution in [2.24, 2.45) is 0 Å². The SMILES string of the molecule is COc1cccc(OC)c1OCCNC1CCOCC1. The molecule has 1 aliphatic rings. The molecule has 0 bridgehead atoms. The van der Waals surface area contributed by atoms with Crippen LogP contribution in [0.4, 0.5) is 0 Å². The van der Waals surface area contributed by atoms with Crippen LogP contribution in [0.2, 0.25) is 0 Å². The van der Waals surface area contributed by atoms with E-state index >= 15 is 0 Å². The maximum atomic E-state index is 5.80. The molecular formula is C15H23NO4. The molecule has 0 unspecified atom stereocenters. The van der Waals surface area contributed by atoms with Gasteiger partial charge >= 0.3 is 0 Å². The van der Waals surface area contributed by atoms with Gasteiger partial charge in [-0.2, -0.15) is 0 Å². The van der Waals surface area contributed by atoms with Crippen molar-refractivity contribution in [2.75, 3.05) is 40.6 Å². The maximum absolute atomic E-state index is 5.80. The first-order valence-corrected chi connectivity index (χ1v) is 7.00. The third-order valence-electron chi connectivity index (χ3n) is 3.39. The van der Waals surface area contributed by atoms with E-state index in [0.29, 0.717) is 29.9 Å². The van der Waals surface area contributed by atoms with Crippen molar-refractivity contribution in [3.05, 3.63) is 18.2 Å². The quantitative estimate of drug-likeness (QED) is 0.773. The summed E-state index contributed by atoms with van der Waals surface area (Å²) in [5, 5.41) is 3.48. The molecule has 0 aromatic heterocycles. The smallest absolute Gasteiger partial charge is 0.203 e. The molecule has 1 aromatic rings. The second kappa shape index (κ2) is 7.97. The van der Waals surface area contributed by atoms with E-state index in [4.69, 9.17) is 18.9 Å². The first-order valence-electron chi connectivity index (χ1n) is 7.00. The standard InChI is InChI=1S/C15H23NO4/c1-17-13-4-3-5-14(18-2)15(13)20-11-8-16-12-6-9-19-10-7-12/h3-5,12,16H,6-11H2,1-2H3. The van der Waals surface area contributed by atoms with Crippen LogP contribution in [0, 0.1) is 0 Å². The highest BCUT2D eigenvalue weighted by Gasteiger charge is 2.14. The van der Waals surface area contributed by atoms with E-state index < -0.39 is 0 Å². The Balaban J connectivity index is 1.81. The van der Waals surface area contributed by atoms with Gasteiger partial charge in [-0.05, 0) is 25.0 Å². The summed E-state index contributed by atoms with van der Waals surface area (Å²) in [5.41, 5.74) is 0. The molecule has 2 rings (SSSR count). The average Bonchev–Trinajstić information content (AvgIpc) is 2.52. The number of nitrogens with one attached hydrogen (secondary N) is 1. The Morgan fingerprint density at radius 3 is 2.40 bits per heavy atom. The zero-order valence-corrected chi connectivity index (χ0v) is 12.2. The number of benzene rings is 1. The second-order valence-electron chi connectivity index (χ2n) is 4.68. The summed E-state index contributed by atoms with van der Waals surface area (Å²) in [4.78, 5) is 0. The highest BCUT2D eigenvalue weighted by atomic mass is 16.5. The van der Waals surface area contributed by atoms with Crippen LogP contribution < -0.4 is 19.5 Å². The van der Waals surface area contributed by atoms with Gasteiger partial charge in [0.25, 0.3) is 0 Å². The Hall–Kier alpha value is -1.46. The van der Waals surface area contributed by atoms with E-state index in [1.165, 1.54) is 0 Å². The zero-order valence-electron chi connectivity index (χ0n) is 12.2. The van der Waals surface area contributed by atoms with Crippen LogP contribution in [0.3, 0.4) is 0 Å². The summed E-state index contributed by atoms with van der Waals surface area (Å²) < 4.78 is 21.7. The van der Waals surface area contributed by atoms with Crippen LogP contribution in [0.15, 0.2) is 18.2 Å². The molecule has 0 saturated carbocycles. The number of hydrogen-bond donors (Lipinski definition) is 1. The van der Waals surface area contributed by atoms with Crippen molar-refractivity contribution in [1.29, 1.82) is 0 Å². The molecule has 112 valence electrons. The van der Waals surface area contributed by atoms with Crippen LogP contribution in [0.25, 0.3) is 0 Å². The van der Waals surface area contributed by atoms with Gasteiger partial charge in [-0.3, -0.25) is 0 Å². The number of hydrogen-bond acceptors (Lipinski definition) is 5. The molecule has 0 spiro atoms. The van der Waals surface area contributed by atoms with Crippen LogP contribution in [0.1, 0.15) is 12.8 Å². The van der Waals surface area contributed by atoms with Gasteiger partial charge in [-0.25, -0.2) is 0 Å². The number of ether oxygens (including phenoxy) is 4. The molecule has 0 radical (unpaired) electrons. The van der Waals surface area contributed by atoms with Crippen molar-refractivity contribution in [3.63, 3.8) is 0 Å². The molecule has 5 heteroatoms. The zero-order chi connectivity index (χ0) is 14.2. The predicted octanol–water partition coefficient (Wildman–Crippen LogP) is 1.85. The third-order valence-corrected chi connectivity index (χ3v) is 3.39. The predicted molar refractivity (Wildman–Crippen MR) is 76.9 cm³/mol. The highest BCUT2D eigenvalue weighted by molar-refractivity contribution is 5.51. The Kier molecular flexibility index (Phi) is 5.95. The van der Waals surface area contributed by atoms with Gasteiger partial charge in [-0.1, -0.05) is 6.07 Å². The molecule has 1 N–H and O–H groups in total. The van der Waals surface area contributed by atoms with Crippen LogP contribution in [0.5, 0.6) is 17.2 Å². The lowest BCUT2D eigenvalue weighted by Gasteiger charge is -2.23. The van der Waals surface area contributed by atoms with E-state index in [0.717, 1.165) is 32.6 Å². The lowest BCUT2D eigenvalue weighted by Crippen LogP contribution is -2.37. The van der Waals surface area contributed by atoms with Crippen molar-refractivity contribution in [2.45, 2.75) is 18.9 Å². The molecule has 0 aliphatic carbocycles. The van der Waals surface area contributed by atoms with Crippen LogP contribution >= 0.6 is 0 Å². The molecule has 0 atom stereocenters.